The third kappa shape index (κ3) is 1.60. The van der Waals surface area contributed by atoms with E-state index < -0.39 is 9.64 Å². The molecule has 0 N–H and O–H groups in total. The Hall–Kier alpha value is -0.480. The number of quaternary nitrogens is 1. The predicted molar refractivity (Wildman–Crippen MR) is 66.8 cm³/mol. The van der Waals surface area contributed by atoms with Crippen LogP contribution in [0.3, 0.4) is 0 Å². The van der Waals surface area contributed by atoms with Crippen LogP contribution in [0.15, 0.2) is 41.4 Å². The van der Waals surface area contributed by atoms with E-state index in [4.69, 9.17) is 11.6 Å². The Bertz CT molecular complexity index is 402. The van der Waals surface area contributed by atoms with Crippen LogP contribution in [-0.2, 0) is 0 Å². The number of hydrogen-bond acceptors (Lipinski definition) is 2. The van der Waals surface area contributed by atoms with Gasteiger partial charge in [-0.3, -0.25) is 4.65 Å². The molecule has 0 radical (unpaired) electrons. The highest BCUT2D eigenvalue weighted by atomic mass is 35.5. The van der Waals surface area contributed by atoms with Gasteiger partial charge in [0.1, 0.15) is 11.9 Å². The van der Waals surface area contributed by atoms with Crippen molar-refractivity contribution in [2.45, 2.75) is 16.8 Å². The molecule has 0 fully saturated rings. The second-order valence-electron chi connectivity index (χ2n) is 3.70. The number of nitrogens with zero attached hydrogens (tertiary/aromatic N) is 1. The number of alkyl halides is 1. The number of hydrogen-bond donors (Lipinski definition) is 0. The van der Waals surface area contributed by atoms with Crippen molar-refractivity contribution < 1.29 is 0 Å². The Morgan fingerprint density at radius 1 is 1.33 bits per heavy atom. The molecule has 0 saturated carbocycles. The average molecular weight is 242 g/mol. The highest BCUT2D eigenvalue weighted by Gasteiger charge is 2.45. The van der Waals surface area contributed by atoms with Crippen LogP contribution in [0.1, 0.15) is 6.92 Å². The Morgan fingerprint density at radius 2 is 1.93 bits per heavy atom. The van der Waals surface area contributed by atoms with Crippen molar-refractivity contribution in [2.75, 3.05) is 6.26 Å². The molecule has 0 aliphatic carbocycles. The minimum absolute atomic E-state index is 0.580. The van der Waals surface area contributed by atoms with Gasteiger partial charge in [0.05, 0.1) is 0 Å². The van der Waals surface area contributed by atoms with E-state index in [1.165, 1.54) is 0 Å². The summed E-state index contributed by atoms with van der Waals surface area (Å²) in [6.07, 6.45) is 5.30. The minimum Gasteiger partial charge on any atom is -0.621 e. The summed E-state index contributed by atoms with van der Waals surface area (Å²) in [5, 5.41) is 12.3. The van der Waals surface area contributed by atoms with Crippen molar-refractivity contribution in [1.29, 1.82) is 0 Å². The van der Waals surface area contributed by atoms with Crippen LogP contribution >= 0.6 is 23.4 Å². The maximum absolute atomic E-state index is 12.3. The molecule has 0 amide bonds. The topological polar surface area (TPSA) is 23.1 Å². The fourth-order valence-corrected chi connectivity index (χ4v) is 2.18. The van der Waals surface area contributed by atoms with Crippen molar-refractivity contribution in [3.63, 3.8) is 0 Å². The van der Waals surface area contributed by atoms with Crippen LogP contribution < -0.4 is 4.65 Å². The van der Waals surface area contributed by atoms with E-state index in [1.54, 1.807) is 31.0 Å². The second-order valence-corrected chi connectivity index (χ2v) is 5.34. The molecule has 0 saturated heterocycles. The van der Waals surface area contributed by atoms with Crippen LogP contribution in [0.25, 0.3) is 0 Å². The quantitative estimate of drug-likeness (QED) is 0.259. The molecule has 2 rings (SSSR count). The third-order valence-electron chi connectivity index (χ3n) is 2.69. The normalized spacial score (nSPS) is 33.9. The van der Waals surface area contributed by atoms with Crippen molar-refractivity contribution >= 4 is 29.1 Å². The fraction of sp³-hybridized carbons (Fsp3) is 0.273. The van der Waals surface area contributed by atoms with Gasteiger partial charge in [0, 0.05) is 30.0 Å². The summed E-state index contributed by atoms with van der Waals surface area (Å²) in [5.41, 5.74) is 0.674. The molecule has 1 aliphatic heterocycles. The average Bonchev–Trinajstić information content (AvgIpc) is 2.26. The summed E-state index contributed by atoms with van der Waals surface area (Å²) < 4.78 is -0.580. The van der Waals surface area contributed by atoms with Crippen molar-refractivity contribution in [2.24, 2.45) is 0 Å². The first kappa shape index (κ1) is 11.0. The molecule has 2 atom stereocenters. The maximum atomic E-state index is 12.3. The van der Waals surface area contributed by atoms with E-state index in [9.17, 15) is 5.21 Å². The number of halogens is 1. The second kappa shape index (κ2) is 3.52. The molecule has 1 aromatic carbocycles. The molecule has 1 aromatic rings. The van der Waals surface area contributed by atoms with Gasteiger partial charge in [-0.25, -0.2) is 0 Å². The molecule has 1 aliphatic rings. The number of benzene rings is 1. The van der Waals surface area contributed by atoms with Crippen LogP contribution in [-0.4, -0.2) is 11.3 Å². The lowest BCUT2D eigenvalue weighted by atomic mass is 10.1. The van der Waals surface area contributed by atoms with E-state index in [-0.39, 0.29) is 0 Å². The smallest absolute Gasteiger partial charge is 0.204 e. The zero-order valence-corrected chi connectivity index (χ0v) is 10.2. The zero-order chi connectivity index (χ0) is 11.1. The van der Waals surface area contributed by atoms with Gasteiger partial charge in [-0.1, -0.05) is 0 Å². The summed E-state index contributed by atoms with van der Waals surface area (Å²) in [4.78, 5) is 0.284. The molecule has 1 heterocycles. The lowest BCUT2D eigenvalue weighted by Crippen LogP contribution is -2.58. The molecule has 4 heteroatoms. The summed E-state index contributed by atoms with van der Waals surface area (Å²) in [6.45, 7) is 1.73. The predicted octanol–water partition coefficient (Wildman–Crippen LogP) is 3.70. The monoisotopic (exact) mass is 241 g/mol. The molecular weight excluding hydrogens is 230 g/mol. The highest BCUT2D eigenvalue weighted by molar-refractivity contribution is 7.98. The van der Waals surface area contributed by atoms with Gasteiger partial charge < -0.3 is 5.21 Å². The van der Waals surface area contributed by atoms with Crippen LogP contribution in [0.4, 0.5) is 5.69 Å². The van der Waals surface area contributed by atoms with Gasteiger partial charge in [-0.2, -0.15) is 0 Å². The Morgan fingerprint density at radius 3 is 2.27 bits per heavy atom. The molecule has 2 unspecified atom stereocenters. The molecular formula is C11H12ClNOS. The van der Waals surface area contributed by atoms with Gasteiger partial charge in [0.25, 0.3) is 0 Å². The SMILES string of the molecule is CSc1ccc([N+]2([O-])C=CC2(C)Cl)cc1. The summed E-state index contributed by atoms with van der Waals surface area (Å²) in [7, 11) is 0. The molecule has 0 spiro atoms. The minimum atomic E-state index is -0.860. The van der Waals surface area contributed by atoms with Crippen molar-refractivity contribution in [3.05, 3.63) is 41.7 Å². The maximum Gasteiger partial charge on any atom is 0.204 e. The Labute approximate surface area is 98.7 Å². The van der Waals surface area contributed by atoms with Gasteiger partial charge in [-0.05, 0) is 30.0 Å². The van der Waals surface area contributed by atoms with Gasteiger partial charge in [0.15, 0.2) is 0 Å². The van der Waals surface area contributed by atoms with E-state index >= 15 is 0 Å². The van der Waals surface area contributed by atoms with Crippen molar-refractivity contribution in [3.8, 4) is 0 Å². The Balaban J connectivity index is 2.35. The highest BCUT2D eigenvalue weighted by Crippen LogP contribution is 2.43. The summed E-state index contributed by atoms with van der Waals surface area (Å²) in [5.74, 6) is 0. The Kier molecular flexibility index (Phi) is 2.59. The zero-order valence-electron chi connectivity index (χ0n) is 8.61. The number of thioether (sulfide) groups is 1. The molecule has 0 aromatic heterocycles. The first-order chi connectivity index (χ1) is 6.99. The lowest BCUT2D eigenvalue weighted by Gasteiger charge is -2.52. The van der Waals surface area contributed by atoms with Gasteiger partial charge in [-0.15, -0.1) is 11.8 Å². The van der Waals surface area contributed by atoms with Crippen molar-refractivity contribution in [1.82, 2.24) is 4.65 Å². The van der Waals surface area contributed by atoms with Crippen LogP contribution in [0.2, 0.25) is 0 Å². The van der Waals surface area contributed by atoms with Crippen LogP contribution in [0, 0.1) is 5.21 Å². The molecule has 80 valence electrons. The first-order valence-corrected chi connectivity index (χ1v) is 6.24. The van der Waals surface area contributed by atoms with E-state index in [0.29, 0.717) is 5.69 Å². The van der Waals surface area contributed by atoms with Crippen LogP contribution in [0.5, 0.6) is 0 Å². The molecule has 15 heavy (non-hydrogen) atoms. The molecule has 0 bridgehead atoms. The standard InChI is InChI=1S/C11H12ClNOS/c1-11(12)7-8-13(11,14)9-3-5-10(15-2)6-4-9/h3-8H,1-2H3. The van der Waals surface area contributed by atoms with E-state index in [1.807, 2.05) is 30.5 Å². The largest absolute Gasteiger partial charge is 0.621 e. The van der Waals surface area contributed by atoms with Gasteiger partial charge >= 0.3 is 0 Å². The lowest BCUT2D eigenvalue weighted by molar-refractivity contribution is 0.345. The summed E-state index contributed by atoms with van der Waals surface area (Å²) >= 11 is 7.74. The third-order valence-corrected chi connectivity index (χ3v) is 3.81. The van der Waals surface area contributed by atoms with Gasteiger partial charge in [0.2, 0.25) is 5.00 Å². The fourth-order valence-electron chi connectivity index (χ4n) is 1.56. The number of hydroxylamine groups is 2. The summed E-state index contributed by atoms with van der Waals surface area (Å²) in [6, 6.07) is 7.56. The first-order valence-electron chi connectivity index (χ1n) is 4.63. The van der Waals surface area contributed by atoms with E-state index in [2.05, 4.69) is 0 Å². The van der Waals surface area contributed by atoms with E-state index in [0.717, 1.165) is 4.90 Å². The molecule has 2 nitrogen and oxygen atoms in total. The number of rotatable bonds is 2.